The maximum Gasteiger partial charge on any atom is 0.262 e. The summed E-state index contributed by atoms with van der Waals surface area (Å²) in [4.78, 5) is 28.0. The first kappa shape index (κ1) is 54.7. The highest BCUT2D eigenvalue weighted by Gasteiger charge is 2.13. The smallest absolute Gasteiger partial charge is 0.262 e. The maximum absolute atomic E-state index is 13.1. The number of unbranched alkanes of at least 4 members (excludes halogenated alkanes) is 24. The summed E-state index contributed by atoms with van der Waals surface area (Å²) in [7, 11) is 3.05. The molecule has 0 aliphatic carbocycles. The summed E-state index contributed by atoms with van der Waals surface area (Å²) in [6, 6.07) is 31.8. The summed E-state index contributed by atoms with van der Waals surface area (Å²) in [5.41, 5.74) is 3.93. The highest BCUT2D eigenvalue weighted by molar-refractivity contribution is 8.76. The third kappa shape index (κ3) is 25.3. The molecule has 4 aromatic carbocycles. The van der Waals surface area contributed by atoms with E-state index in [9.17, 15) is 9.59 Å². The molecule has 0 aliphatic heterocycles. The third-order valence-corrected chi connectivity index (χ3v) is 14.7. The van der Waals surface area contributed by atoms with Gasteiger partial charge in [0, 0.05) is 9.79 Å². The SMILES string of the molecule is CCCCCCCCCCCCCCCc1cccc(OCC(=O)Nc2ccccc2SSc2ccccc2NC(=O)COc2cccc(CCCCCCCCCCCCCCC)c2)c1. The normalized spacial score (nSPS) is 11.1. The molecular weight excluding hydrogens is 853 g/mol. The first-order valence-electron chi connectivity index (χ1n) is 26.1. The molecule has 0 saturated heterocycles. The minimum absolute atomic E-state index is 0.0744. The van der Waals surface area contributed by atoms with E-state index in [2.05, 4.69) is 48.7 Å². The van der Waals surface area contributed by atoms with E-state index in [1.165, 1.54) is 200 Å². The number of anilines is 2. The van der Waals surface area contributed by atoms with E-state index >= 15 is 0 Å². The lowest BCUT2D eigenvalue weighted by Crippen LogP contribution is -2.20. The molecule has 2 N–H and O–H groups in total. The fourth-order valence-corrected chi connectivity index (χ4v) is 10.6. The molecule has 0 heterocycles. The fraction of sp³-hybridized carbons (Fsp3) is 0.552. The van der Waals surface area contributed by atoms with Crippen molar-refractivity contribution >= 4 is 44.8 Å². The average Bonchev–Trinajstić information content (AvgIpc) is 3.33. The lowest BCUT2D eigenvalue weighted by molar-refractivity contribution is -0.118. The molecular formula is C58H84N2O4S2. The van der Waals surface area contributed by atoms with Gasteiger partial charge in [-0.05, 0) is 85.3 Å². The van der Waals surface area contributed by atoms with Crippen LogP contribution in [0, 0.1) is 0 Å². The van der Waals surface area contributed by atoms with E-state index in [-0.39, 0.29) is 25.0 Å². The quantitative estimate of drug-likeness (QED) is 0.0343. The van der Waals surface area contributed by atoms with Gasteiger partial charge in [0.25, 0.3) is 11.8 Å². The standard InChI is InChI=1S/C58H84N2O4S2/c1-3-5-7-9-11-13-15-17-19-21-23-25-27-35-49-37-33-39-51(45-49)63-47-57(61)59-53-41-29-31-43-55(53)65-66-56-44-32-30-42-54(56)60-58(62)48-64-52-40-34-38-50(46-52)36-28-26-24-22-20-18-16-14-12-10-8-6-4-2/h29-34,37-46H,3-28,35-36,47-48H2,1-2H3,(H,59,61)(H,60,62). The van der Waals surface area contributed by atoms with E-state index < -0.39 is 0 Å². The van der Waals surface area contributed by atoms with Crippen LogP contribution in [0.4, 0.5) is 11.4 Å². The van der Waals surface area contributed by atoms with E-state index in [0.717, 1.165) is 22.6 Å². The van der Waals surface area contributed by atoms with Gasteiger partial charge >= 0.3 is 0 Å². The van der Waals surface area contributed by atoms with Gasteiger partial charge < -0.3 is 20.1 Å². The van der Waals surface area contributed by atoms with E-state index in [1.54, 1.807) is 0 Å². The van der Waals surface area contributed by atoms with Crippen LogP contribution in [0.1, 0.15) is 192 Å². The highest BCUT2D eigenvalue weighted by atomic mass is 33.1. The summed E-state index contributed by atoms with van der Waals surface area (Å²) in [5, 5.41) is 6.08. The van der Waals surface area contributed by atoms with Crippen molar-refractivity contribution in [3.8, 4) is 11.5 Å². The first-order valence-corrected chi connectivity index (χ1v) is 28.2. The Morgan fingerprint density at radius 2 is 0.712 bits per heavy atom. The minimum Gasteiger partial charge on any atom is -0.484 e. The van der Waals surface area contributed by atoms with Crippen molar-refractivity contribution in [3.05, 3.63) is 108 Å². The van der Waals surface area contributed by atoms with Crippen LogP contribution in [0.25, 0.3) is 0 Å². The molecule has 0 saturated carbocycles. The molecule has 4 aromatic rings. The van der Waals surface area contributed by atoms with E-state index in [4.69, 9.17) is 9.47 Å². The number of para-hydroxylation sites is 2. The number of nitrogens with one attached hydrogen (secondary N) is 2. The van der Waals surface area contributed by atoms with Crippen molar-refractivity contribution in [2.24, 2.45) is 0 Å². The molecule has 0 unspecified atom stereocenters. The zero-order valence-electron chi connectivity index (χ0n) is 40.9. The summed E-state index contributed by atoms with van der Waals surface area (Å²) >= 11 is 0. The van der Waals surface area contributed by atoms with Gasteiger partial charge in [-0.25, -0.2) is 0 Å². The number of carbonyl (C=O) groups is 2. The van der Waals surface area contributed by atoms with Crippen LogP contribution < -0.4 is 20.1 Å². The van der Waals surface area contributed by atoms with Crippen molar-refractivity contribution in [1.82, 2.24) is 0 Å². The van der Waals surface area contributed by atoms with Gasteiger partial charge in [-0.3, -0.25) is 9.59 Å². The van der Waals surface area contributed by atoms with Crippen LogP contribution in [-0.4, -0.2) is 25.0 Å². The Labute approximate surface area is 408 Å². The molecule has 0 radical (unpaired) electrons. The van der Waals surface area contributed by atoms with Crippen LogP contribution in [0.5, 0.6) is 11.5 Å². The number of hydrogen-bond donors (Lipinski definition) is 2. The zero-order valence-corrected chi connectivity index (χ0v) is 42.5. The average molecular weight is 937 g/mol. The van der Waals surface area contributed by atoms with Gasteiger partial charge in [0.2, 0.25) is 0 Å². The second-order valence-corrected chi connectivity index (χ2v) is 20.3. The summed E-state index contributed by atoms with van der Waals surface area (Å²) < 4.78 is 11.9. The number of rotatable bonds is 39. The van der Waals surface area contributed by atoms with Crippen molar-refractivity contribution in [1.29, 1.82) is 0 Å². The Bertz CT molecular complexity index is 1750. The van der Waals surface area contributed by atoms with Crippen molar-refractivity contribution in [3.63, 3.8) is 0 Å². The number of aryl methyl sites for hydroxylation is 2. The van der Waals surface area contributed by atoms with Gasteiger partial charge in [0.1, 0.15) is 11.5 Å². The van der Waals surface area contributed by atoms with Gasteiger partial charge in [0.05, 0.1) is 11.4 Å². The topological polar surface area (TPSA) is 76.7 Å². The molecule has 0 aliphatic rings. The predicted molar refractivity (Wildman–Crippen MR) is 285 cm³/mol. The Balaban J connectivity index is 1.10. The zero-order chi connectivity index (χ0) is 46.5. The molecule has 66 heavy (non-hydrogen) atoms. The molecule has 0 fully saturated rings. The summed E-state index contributed by atoms with van der Waals surface area (Å²) in [5.74, 6) is 1.00. The van der Waals surface area contributed by atoms with E-state index in [0.29, 0.717) is 22.9 Å². The van der Waals surface area contributed by atoms with Gasteiger partial charge in [-0.2, -0.15) is 0 Å². The van der Waals surface area contributed by atoms with Crippen molar-refractivity contribution < 1.29 is 19.1 Å². The van der Waals surface area contributed by atoms with Crippen LogP contribution in [0.15, 0.2) is 107 Å². The Morgan fingerprint density at radius 1 is 0.394 bits per heavy atom. The fourth-order valence-electron chi connectivity index (χ4n) is 8.32. The lowest BCUT2D eigenvalue weighted by Gasteiger charge is -2.13. The van der Waals surface area contributed by atoms with Crippen LogP contribution in [-0.2, 0) is 22.4 Å². The molecule has 8 heteroatoms. The second kappa shape index (κ2) is 36.2. The number of ether oxygens (including phenoxy) is 2. The monoisotopic (exact) mass is 937 g/mol. The number of hydrogen-bond acceptors (Lipinski definition) is 6. The molecule has 0 aromatic heterocycles. The summed E-state index contributed by atoms with van der Waals surface area (Å²) in [6.07, 6.45) is 37.2. The minimum atomic E-state index is -0.215. The molecule has 6 nitrogen and oxygen atoms in total. The number of carbonyl (C=O) groups excluding carboxylic acids is 2. The third-order valence-electron chi connectivity index (χ3n) is 12.2. The second-order valence-electron chi connectivity index (χ2n) is 18.1. The van der Waals surface area contributed by atoms with Gasteiger partial charge in [0.15, 0.2) is 13.2 Å². The molecule has 362 valence electrons. The Morgan fingerprint density at radius 3 is 1.06 bits per heavy atom. The van der Waals surface area contributed by atoms with Crippen molar-refractivity contribution in [2.75, 3.05) is 23.8 Å². The number of benzene rings is 4. The molecule has 4 rings (SSSR count). The lowest BCUT2D eigenvalue weighted by atomic mass is 10.0. The number of amides is 2. The molecule has 0 atom stereocenters. The molecule has 2 amide bonds. The van der Waals surface area contributed by atoms with Crippen LogP contribution >= 0.6 is 21.6 Å². The van der Waals surface area contributed by atoms with Gasteiger partial charge in [-0.15, -0.1) is 0 Å². The molecule has 0 spiro atoms. The predicted octanol–water partition coefficient (Wildman–Crippen LogP) is 17.8. The summed E-state index contributed by atoms with van der Waals surface area (Å²) in [6.45, 7) is 4.41. The van der Waals surface area contributed by atoms with Gasteiger partial charge in [-0.1, -0.05) is 238 Å². The maximum atomic E-state index is 13.1. The van der Waals surface area contributed by atoms with Crippen molar-refractivity contribution in [2.45, 2.75) is 203 Å². The Hall–Kier alpha value is -3.88. The Kier molecular flexibility index (Phi) is 30.0. The first-order chi connectivity index (χ1) is 32.5. The largest absolute Gasteiger partial charge is 0.484 e. The van der Waals surface area contributed by atoms with E-state index in [1.807, 2.05) is 72.8 Å². The highest BCUT2D eigenvalue weighted by Crippen LogP contribution is 2.43. The van der Waals surface area contributed by atoms with Crippen LogP contribution in [0.2, 0.25) is 0 Å². The van der Waals surface area contributed by atoms with Crippen LogP contribution in [0.3, 0.4) is 0 Å². The molecule has 0 bridgehead atoms.